The molecule has 0 unspecified atom stereocenters. The van der Waals surface area contributed by atoms with Gasteiger partial charge in [0.1, 0.15) is 0 Å². The second-order valence-corrected chi connectivity index (χ2v) is 8.10. The number of hydrogen-bond acceptors (Lipinski definition) is 4. The van der Waals surface area contributed by atoms with Gasteiger partial charge in [0.25, 0.3) is 11.6 Å². The summed E-state index contributed by atoms with van der Waals surface area (Å²) < 4.78 is 0.905. The van der Waals surface area contributed by atoms with Crippen molar-refractivity contribution in [2.24, 2.45) is 5.92 Å². The number of rotatable bonds is 4. The summed E-state index contributed by atoms with van der Waals surface area (Å²) in [4.78, 5) is 26.0. The molecule has 5 nitrogen and oxygen atoms in total. The smallest absolute Gasteiger partial charge is 0.270 e. The molecule has 2 heterocycles. The molecule has 1 fully saturated rings. The molecule has 2 aromatic carbocycles. The van der Waals surface area contributed by atoms with Crippen molar-refractivity contribution >= 4 is 33.0 Å². The summed E-state index contributed by atoms with van der Waals surface area (Å²) in [5.74, 6) is 0.651. The molecule has 0 atom stereocenters. The Balaban J connectivity index is 1.42. The first-order valence-electron chi connectivity index (χ1n) is 9.11. The predicted octanol–water partition coefficient (Wildman–Crippen LogP) is 4.90. The fraction of sp³-hybridized carbons (Fsp3) is 0.286. The van der Waals surface area contributed by atoms with E-state index in [0.717, 1.165) is 42.4 Å². The highest BCUT2D eigenvalue weighted by Gasteiger charge is 2.25. The fourth-order valence-electron chi connectivity index (χ4n) is 3.69. The van der Waals surface area contributed by atoms with Gasteiger partial charge in [-0.05, 0) is 42.9 Å². The monoisotopic (exact) mass is 380 g/mol. The molecule has 0 bridgehead atoms. The summed E-state index contributed by atoms with van der Waals surface area (Å²) in [5.41, 5.74) is 1.41. The van der Waals surface area contributed by atoms with Gasteiger partial charge >= 0.3 is 0 Å². The molecule has 0 saturated carbocycles. The van der Waals surface area contributed by atoms with Crippen molar-refractivity contribution in [1.82, 2.24) is 4.90 Å². The molecule has 6 heteroatoms. The number of hydrogen-bond donors (Lipinski definition) is 0. The second kappa shape index (κ2) is 7.48. The SMILES string of the molecule is O=C(c1cc2cc([N+](=O)[O-])ccc2s1)N1CCC(Cc2ccccc2)CC1. The van der Waals surface area contributed by atoms with E-state index in [4.69, 9.17) is 0 Å². The minimum absolute atomic E-state index is 0.0389. The van der Waals surface area contributed by atoms with Crippen molar-refractivity contribution in [2.75, 3.05) is 13.1 Å². The van der Waals surface area contributed by atoms with E-state index in [-0.39, 0.29) is 11.6 Å². The Labute approximate surface area is 161 Å². The van der Waals surface area contributed by atoms with E-state index in [2.05, 4.69) is 24.3 Å². The number of piperidine rings is 1. The first-order chi connectivity index (χ1) is 13.1. The van der Waals surface area contributed by atoms with Crippen LogP contribution in [0.2, 0.25) is 0 Å². The van der Waals surface area contributed by atoms with Crippen molar-refractivity contribution in [1.29, 1.82) is 0 Å². The third kappa shape index (κ3) is 3.85. The maximum absolute atomic E-state index is 12.9. The van der Waals surface area contributed by atoms with Gasteiger partial charge in [-0.1, -0.05) is 30.3 Å². The molecule has 3 aromatic rings. The van der Waals surface area contributed by atoms with E-state index < -0.39 is 4.92 Å². The van der Waals surface area contributed by atoms with Crippen LogP contribution in [0.25, 0.3) is 10.1 Å². The van der Waals surface area contributed by atoms with Gasteiger partial charge in [0, 0.05) is 35.3 Å². The zero-order valence-corrected chi connectivity index (χ0v) is 15.7. The summed E-state index contributed by atoms with van der Waals surface area (Å²) in [6.07, 6.45) is 3.09. The Kier molecular flexibility index (Phi) is 4.90. The van der Waals surface area contributed by atoms with E-state index >= 15 is 0 Å². The van der Waals surface area contributed by atoms with Crippen LogP contribution < -0.4 is 0 Å². The highest BCUT2D eigenvalue weighted by Crippen LogP contribution is 2.31. The molecule has 138 valence electrons. The Bertz CT molecular complexity index is 976. The van der Waals surface area contributed by atoms with E-state index in [9.17, 15) is 14.9 Å². The lowest BCUT2D eigenvalue weighted by Gasteiger charge is -2.31. The summed E-state index contributed by atoms with van der Waals surface area (Å²) in [7, 11) is 0. The van der Waals surface area contributed by atoms with Crippen molar-refractivity contribution in [3.63, 3.8) is 0 Å². The summed E-state index contributed by atoms with van der Waals surface area (Å²) in [6, 6.07) is 17.0. The molecular formula is C21H20N2O3S. The first kappa shape index (κ1) is 17.7. The number of nitro benzene ring substituents is 1. The van der Waals surface area contributed by atoms with Gasteiger partial charge in [-0.25, -0.2) is 0 Å². The number of carbonyl (C=O) groups excluding carboxylic acids is 1. The predicted molar refractivity (Wildman–Crippen MR) is 107 cm³/mol. The lowest BCUT2D eigenvalue weighted by molar-refractivity contribution is -0.384. The van der Waals surface area contributed by atoms with Gasteiger partial charge < -0.3 is 4.90 Å². The fourth-order valence-corrected chi connectivity index (χ4v) is 4.70. The van der Waals surface area contributed by atoms with E-state index in [0.29, 0.717) is 10.8 Å². The topological polar surface area (TPSA) is 63.4 Å². The van der Waals surface area contributed by atoms with Crippen LogP contribution in [0.15, 0.2) is 54.6 Å². The minimum Gasteiger partial charge on any atom is -0.338 e. The minimum atomic E-state index is -0.407. The van der Waals surface area contributed by atoms with Crippen molar-refractivity contribution in [2.45, 2.75) is 19.3 Å². The molecule has 0 N–H and O–H groups in total. The van der Waals surface area contributed by atoms with E-state index in [1.165, 1.54) is 29.0 Å². The van der Waals surface area contributed by atoms with Crippen molar-refractivity contribution in [3.05, 3.63) is 75.2 Å². The van der Waals surface area contributed by atoms with E-state index in [1.54, 1.807) is 12.1 Å². The summed E-state index contributed by atoms with van der Waals surface area (Å²) in [6.45, 7) is 1.54. The van der Waals surface area contributed by atoms with Gasteiger partial charge in [0.05, 0.1) is 9.80 Å². The number of fused-ring (bicyclic) bond motifs is 1. The zero-order chi connectivity index (χ0) is 18.8. The normalized spacial score (nSPS) is 15.2. The van der Waals surface area contributed by atoms with Gasteiger partial charge in [0.15, 0.2) is 0 Å². The molecule has 1 aliphatic rings. The number of likely N-dealkylation sites (tertiary alicyclic amines) is 1. The number of thiophene rings is 1. The molecule has 1 saturated heterocycles. The number of carbonyl (C=O) groups is 1. The van der Waals surface area contributed by atoms with Crippen LogP contribution >= 0.6 is 11.3 Å². The molecule has 4 rings (SSSR count). The Morgan fingerprint density at radius 3 is 2.56 bits per heavy atom. The third-order valence-corrected chi connectivity index (χ3v) is 6.29. The van der Waals surface area contributed by atoms with E-state index in [1.807, 2.05) is 11.0 Å². The average molecular weight is 380 g/mol. The molecule has 0 aliphatic carbocycles. The number of non-ortho nitro benzene ring substituents is 1. The Morgan fingerprint density at radius 2 is 1.85 bits per heavy atom. The maximum Gasteiger partial charge on any atom is 0.270 e. The summed E-state index contributed by atoms with van der Waals surface area (Å²) >= 11 is 1.41. The lowest BCUT2D eigenvalue weighted by atomic mass is 9.90. The largest absolute Gasteiger partial charge is 0.338 e. The third-order valence-electron chi connectivity index (χ3n) is 5.19. The first-order valence-corrected chi connectivity index (χ1v) is 9.93. The average Bonchev–Trinajstić information content (AvgIpc) is 3.12. The zero-order valence-electron chi connectivity index (χ0n) is 14.8. The second-order valence-electron chi connectivity index (χ2n) is 7.02. The molecule has 0 spiro atoms. The molecule has 1 aliphatic heterocycles. The van der Waals surface area contributed by atoms with Crippen LogP contribution in [0.3, 0.4) is 0 Å². The molecule has 27 heavy (non-hydrogen) atoms. The van der Waals surface area contributed by atoms with Gasteiger partial charge in [-0.3, -0.25) is 14.9 Å². The molecule has 1 aromatic heterocycles. The van der Waals surface area contributed by atoms with Crippen LogP contribution in [0.5, 0.6) is 0 Å². The van der Waals surface area contributed by atoms with Crippen molar-refractivity contribution in [3.8, 4) is 0 Å². The molecular weight excluding hydrogens is 360 g/mol. The number of amides is 1. The van der Waals surface area contributed by atoms with Crippen LogP contribution in [0.4, 0.5) is 5.69 Å². The quantitative estimate of drug-likeness (QED) is 0.477. The molecule has 0 radical (unpaired) electrons. The van der Waals surface area contributed by atoms with Crippen LogP contribution in [-0.4, -0.2) is 28.8 Å². The Morgan fingerprint density at radius 1 is 1.11 bits per heavy atom. The number of benzene rings is 2. The van der Waals surface area contributed by atoms with Crippen LogP contribution in [0, 0.1) is 16.0 Å². The number of nitrogens with zero attached hydrogens (tertiary/aromatic N) is 2. The van der Waals surface area contributed by atoms with Gasteiger partial charge in [-0.2, -0.15) is 0 Å². The van der Waals surface area contributed by atoms with Gasteiger partial charge in [0.2, 0.25) is 0 Å². The van der Waals surface area contributed by atoms with Crippen LogP contribution in [0.1, 0.15) is 28.1 Å². The highest BCUT2D eigenvalue weighted by atomic mass is 32.1. The summed E-state index contributed by atoms with van der Waals surface area (Å²) in [5, 5.41) is 11.7. The van der Waals surface area contributed by atoms with Crippen molar-refractivity contribution < 1.29 is 9.72 Å². The number of nitro groups is 1. The maximum atomic E-state index is 12.9. The van der Waals surface area contributed by atoms with Gasteiger partial charge in [-0.15, -0.1) is 11.3 Å². The lowest BCUT2D eigenvalue weighted by Crippen LogP contribution is -2.38. The highest BCUT2D eigenvalue weighted by molar-refractivity contribution is 7.20. The standard InChI is InChI=1S/C21H20N2O3S/c24-21(20-14-17-13-18(23(25)26)6-7-19(17)27-20)22-10-8-16(9-11-22)12-15-4-2-1-3-5-15/h1-7,13-14,16H,8-12H2. The van der Waals surface area contributed by atoms with Crippen LogP contribution in [-0.2, 0) is 6.42 Å². The Hall–Kier alpha value is -2.73. The molecule has 1 amide bonds.